The molecule has 3 amide bonds. The lowest BCUT2D eigenvalue weighted by Crippen LogP contribution is -2.62. The van der Waals surface area contributed by atoms with Gasteiger partial charge in [-0.3, -0.25) is 24.2 Å². The maximum Gasteiger partial charge on any atom is 0.259 e. The first-order chi connectivity index (χ1) is 20.4. The van der Waals surface area contributed by atoms with Crippen LogP contribution in [0.15, 0.2) is 59.8 Å². The lowest BCUT2D eigenvalue weighted by Gasteiger charge is -2.42. The number of hydrogen-bond acceptors (Lipinski definition) is 7. The van der Waals surface area contributed by atoms with Crippen LogP contribution in [0.4, 0.5) is 24.8 Å². The average Bonchev–Trinajstić information content (AvgIpc) is 3.24. The van der Waals surface area contributed by atoms with E-state index < -0.39 is 84.8 Å². The maximum atomic E-state index is 14.6. The van der Waals surface area contributed by atoms with E-state index >= 15 is 0 Å². The molecule has 5 unspecified atom stereocenters. The Labute approximate surface area is 249 Å². The summed E-state index contributed by atoms with van der Waals surface area (Å²) in [5.41, 5.74) is -0.183. The standard InChI is InChI=1S/C29H26ClF3N6O4/c1-15-4-2-7-20(30)23(15)24(25(41)36-18-12-29(32,33)13-18)38(19-6-3-5-16(31)10-19)26(42)21-11-22(40)27(43)39(21)28-35-9-8-17(14-34)37-28/h2-10,15,18,21-24,40H,11-13H2,1H3,(H,36,41). The first-order valence-electron chi connectivity index (χ1n) is 13.4. The normalized spacial score (nSPS) is 25.4. The van der Waals surface area contributed by atoms with E-state index in [0.29, 0.717) is 0 Å². The molecule has 2 heterocycles. The van der Waals surface area contributed by atoms with Gasteiger partial charge >= 0.3 is 0 Å². The van der Waals surface area contributed by atoms with Crippen LogP contribution in [0.5, 0.6) is 0 Å². The van der Waals surface area contributed by atoms with E-state index in [4.69, 9.17) is 11.6 Å². The van der Waals surface area contributed by atoms with Gasteiger partial charge in [-0.2, -0.15) is 5.26 Å². The number of carbonyl (C=O) groups excluding carboxylic acids is 3. The zero-order valence-electron chi connectivity index (χ0n) is 22.7. The molecule has 5 rings (SSSR count). The van der Waals surface area contributed by atoms with Gasteiger partial charge in [-0.25, -0.2) is 23.1 Å². The fourth-order valence-electron chi connectivity index (χ4n) is 5.65. The molecule has 0 bridgehead atoms. The third-order valence-electron chi connectivity index (χ3n) is 7.74. The minimum absolute atomic E-state index is 0.0733. The number of aromatic nitrogens is 2. The smallest absolute Gasteiger partial charge is 0.259 e. The van der Waals surface area contributed by atoms with Gasteiger partial charge in [-0.1, -0.05) is 36.7 Å². The molecule has 1 saturated heterocycles. The molecule has 2 aromatic rings. The molecule has 0 radical (unpaired) electrons. The first kappa shape index (κ1) is 30.2. The molecule has 0 spiro atoms. The number of halogens is 4. The molecule has 1 aromatic heterocycles. The third kappa shape index (κ3) is 5.98. The van der Waals surface area contributed by atoms with Gasteiger partial charge in [-0.05, 0) is 36.3 Å². The molecular formula is C29H26ClF3N6O4. The Morgan fingerprint density at radius 1 is 1.30 bits per heavy atom. The monoisotopic (exact) mass is 614 g/mol. The molecular weight excluding hydrogens is 589 g/mol. The lowest BCUT2D eigenvalue weighted by molar-refractivity contribution is -0.134. The van der Waals surface area contributed by atoms with Crippen LogP contribution in [0.1, 0.15) is 31.9 Å². The number of nitrogens with one attached hydrogen (secondary N) is 1. The Morgan fingerprint density at radius 3 is 2.70 bits per heavy atom. The molecule has 1 saturated carbocycles. The topological polar surface area (TPSA) is 140 Å². The van der Waals surface area contributed by atoms with Crippen LogP contribution >= 0.6 is 11.6 Å². The average molecular weight is 615 g/mol. The summed E-state index contributed by atoms with van der Waals surface area (Å²) in [5.74, 6) is -7.99. The van der Waals surface area contributed by atoms with Gasteiger partial charge in [0.2, 0.25) is 11.9 Å². The summed E-state index contributed by atoms with van der Waals surface area (Å²) >= 11 is 6.62. The second kappa shape index (κ2) is 11.8. The third-order valence-corrected chi connectivity index (χ3v) is 8.12. The SMILES string of the molecule is CC1C=CC=C(Cl)C1C(C(=O)NC1CC(F)(F)C1)N(C(=O)C1CC(O)C(=O)N1c1nccc(C#N)n1)c1cccc(F)c1. The van der Waals surface area contributed by atoms with E-state index in [1.165, 1.54) is 30.5 Å². The number of carbonyl (C=O) groups is 3. The van der Waals surface area contributed by atoms with Crippen molar-refractivity contribution >= 4 is 41.0 Å². The number of nitriles is 1. The van der Waals surface area contributed by atoms with Crippen molar-refractivity contribution in [2.24, 2.45) is 11.8 Å². The van der Waals surface area contributed by atoms with Gasteiger partial charge in [0.25, 0.3) is 17.7 Å². The number of nitrogens with zero attached hydrogens (tertiary/aromatic N) is 5. The van der Waals surface area contributed by atoms with Crippen molar-refractivity contribution in [3.63, 3.8) is 0 Å². The van der Waals surface area contributed by atoms with Crippen molar-refractivity contribution in [2.45, 2.75) is 56.3 Å². The van der Waals surface area contributed by atoms with Gasteiger partial charge in [0.05, 0.1) is 0 Å². The van der Waals surface area contributed by atoms with Crippen molar-refractivity contribution in [1.29, 1.82) is 5.26 Å². The Hall–Kier alpha value is -4.28. The van der Waals surface area contributed by atoms with Gasteiger partial charge in [0.15, 0.2) is 0 Å². The minimum Gasteiger partial charge on any atom is -0.383 e. The molecule has 5 atom stereocenters. The quantitative estimate of drug-likeness (QED) is 0.488. The second-order valence-corrected chi connectivity index (χ2v) is 11.2. The van der Waals surface area contributed by atoms with Crippen LogP contribution in [0.2, 0.25) is 0 Å². The number of anilines is 2. The molecule has 1 aromatic carbocycles. The van der Waals surface area contributed by atoms with Crippen LogP contribution in [0.3, 0.4) is 0 Å². The Bertz CT molecular complexity index is 1550. The number of allylic oxidation sites excluding steroid dienone is 3. The van der Waals surface area contributed by atoms with E-state index in [1.807, 2.05) is 6.07 Å². The van der Waals surface area contributed by atoms with Gasteiger partial charge in [0.1, 0.15) is 35.8 Å². The lowest BCUT2D eigenvalue weighted by atomic mass is 9.81. The number of aliphatic hydroxyl groups is 1. The summed E-state index contributed by atoms with van der Waals surface area (Å²) in [5, 5.41) is 22.6. The largest absolute Gasteiger partial charge is 0.383 e. The fourth-order valence-corrected chi connectivity index (χ4v) is 6.04. The van der Waals surface area contributed by atoms with Gasteiger partial charge in [0, 0.05) is 48.1 Å². The summed E-state index contributed by atoms with van der Waals surface area (Å²) in [6.45, 7) is 1.75. The summed E-state index contributed by atoms with van der Waals surface area (Å²) in [6, 6.07) is 4.09. The number of amides is 3. The van der Waals surface area contributed by atoms with Crippen LogP contribution in [-0.4, -0.2) is 62.9 Å². The molecule has 10 nitrogen and oxygen atoms in total. The van der Waals surface area contributed by atoms with Crippen molar-refractivity contribution in [2.75, 3.05) is 9.80 Å². The second-order valence-electron chi connectivity index (χ2n) is 10.8. The molecule has 1 aliphatic heterocycles. The van der Waals surface area contributed by atoms with Crippen molar-refractivity contribution in [1.82, 2.24) is 15.3 Å². The zero-order chi connectivity index (χ0) is 31.1. The van der Waals surface area contributed by atoms with Crippen LogP contribution in [0, 0.1) is 29.0 Å². The summed E-state index contributed by atoms with van der Waals surface area (Å²) in [6.07, 6.45) is 2.90. The number of aliphatic hydroxyl groups excluding tert-OH is 1. The predicted octanol–water partition coefficient (Wildman–Crippen LogP) is 3.21. The fraction of sp³-hybridized carbons (Fsp3) is 0.379. The summed E-state index contributed by atoms with van der Waals surface area (Å²) in [4.78, 5) is 51.5. The highest BCUT2D eigenvalue weighted by molar-refractivity contribution is 6.30. The highest BCUT2D eigenvalue weighted by Crippen LogP contribution is 2.40. The van der Waals surface area contributed by atoms with Crippen molar-refractivity contribution in [3.05, 3.63) is 71.3 Å². The highest BCUT2D eigenvalue weighted by Gasteiger charge is 2.52. The Kier molecular flexibility index (Phi) is 8.27. The highest BCUT2D eigenvalue weighted by atomic mass is 35.5. The molecule has 2 fully saturated rings. The van der Waals surface area contributed by atoms with E-state index in [9.17, 15) is 37.9 Å². The number of benzene rings is 1. The maximum absolute atomic E-state index is 14.6. The van der Waals surface area contributed by atoms with Crippen molar-refractivity contribution < 1.29 is 32.7 Å². The predicted molar refractivity (Wildman–Crippen MR) is 148 cm³/mol. The summed E-state index contributed by atoms with van der Waals surface area (Å²) < 4.78 is 41.9. The molecule has 14 heteroatoms. The van der Waals surface area contributed by atoms with Gasteiger partial charge < -0.3 is 10.4 Å². The molecule has 43 heavy (non-hydrogen) atoms. The Balaban J connectivity index is 1.62. The zero-order valence-corrected chi connectivity index (χ0v) is 23.5. The van der Waals surface area contributed by atoms with Crippen LogP contribution in [0.25, 0.3) is 0 Å². The first-order valence-corrected chi connectivity index (χ1v) is 13.8. The van der Waals surface area contributed by atoms with E-state index in [-0.39, 0.29) is 22.4 Å². The number of hydrogen-bond donors (Lipinski definition) is 2. The van der Waals surface area contributed by atoms with E-state index in [0.717, 1.165) is 21.9 Å². The summed E-state index contributed by atoms with van der Waals surface area (Å²) in [7, 11) is 0. The van der Waals surface area contributed by atoms with Crippen molar-refractivity contribution in [3.8, 4) is 6.07 Å². The molecule has 224 valence electrons. The number of rotatable bonds is 7. The van der Waals surface area contributed by atoms with Crippen LogP contribution in [-0.2, 0) is 14.4 Å². The van der Waals surface area contributed by atoms with E-state index in [1.54, 1.807) is 19.1 Å². The molecule has 3 aliphatic rings. The number of alkyl halides is 2. The molecule has 2 aliphatic carbocycles. The van der Waals surface area contributed by atoms with E-state index in [2.05, 4.69) is 15.3 Å². The molecule has 2 N–H and O–H groups in total. The Morgan fingerprint density at radius 2 is 2.05 bits per heavy atom. The van der Waals surface area contributed by atoms with Crippen LogP contribution < -0.4 is 15.1 Å². The van der Waals surface area contributed by atoms with Gasteiger partial charge in [-0.15, -0.1) is 0 Å². The minimum atomic E-state index is -2.94.